The Hall–Kier alpha value is -1.31. The van der Waals surface area contributed by atoms with Gasteiger partial charge in [-0.1, -0.05) is 32.9 Å². The number of aromatic amines is 1. The van der Waals surface area contributed by atoms with E-state index in [4.69, 9.17) is 0 Å². The fraction of sp³-hybridized carbons (Fsp3) is 0.500. The van der Waals surface area contributed by atoms with E-state index in [9.17, 15) is 0 Å². The summed E-state index contributed by atoms with van der Waals surface area (Å²) in [5.41, 5.74) is 2.65. The zero-order valence-electron chi connectivity index (χ0n) is 10.4. The van der Waals surface area contributed by atoms with E-state index in [0.29, 0.717) is 5.41 Å². The van der Waals surface area contributed by atoms with Crippen LogP contribution in [0.15, 0.2) is 24.3 Å². The summed E-state index contributed by atoms with van der Waals surface area (Å²) in [6.45, 7) is 6.85. The first-order chi connectivity index (χ1) is 7.54. The number of para-hydroxylation sites is 2. The first kappa shape index (κ1) is 11.2. The summed E-state index contributed by atoms with van der Waals surface area (Å²) in [7, 11) is 0. The molecule has 0 aliphatic carbocycles. The van der Waals surface area contributed by atoms with Crippen LogP contribution in [0.3, 0.4) is 0 Å². The molecular weight excluding hydrogens is 196 g/mol. The Bertz CT molecular complexity index is 430. The number of fused-ring (bicyclic) bond motifs is 1. The van der Waals surface area contributed by atoms with E-state index in [2.05, 4.69) is 42.9 Å². The first-order valence-electron chi connectivity index (χ1n) is 5.98. The Labute approximate surface area is 97.1 Å². The van der Waals surface area contributed by atoms with Gasteiger partial charge < -0.3 is 4.98 Å². The lowest BCUT2D eigenvalue weighted by molar-refractivity contribution is 0.364. The Balaban J connectivity index is 2.00. The second-order valence-corrected chi connectivity index (χ2v) is 5.61. The molecule has 1 aromatic carbocycles. The number of aryl methyl sites for hydroxylation is 1. The van der Waals surface area contributed by atoms with Crippen molar-refractivity contribution in [3.63, 3.8) is 0 Å². The smallest absolute Gasteiger partial charge is 0.107 e. The minimum atomic E-state index is 0.423. The number of hydrogen-bond donors (Lipinski definition) is 1. The highest BCUT2D eigenvalue weighted by atomic mass is 14.9. The maximum atomic E-state index is 4.58. The number of aromatic nitrogens is 2. The molecule has 16 heavy (non-hydrogen) atoms. The summed E-state index contributed by atoms with van der Waals surface area (Å²) in [4.78, 5) is 7.95. The quantitative estimate of drug-likeness (QED) is 0.827. The lowest BCUT2D eigenvalue weighted by atomic mass is 9.90. The Morgan fingerprint density at radius 2 is 1.94 bits per heavy atom. The summed E-state index contributed by atoms with van der Waals surface area (Å²) in [5.74, 6) is 1.12. The van der Waals surface area contributed by atoms with E-state index in [0.717, 1.165) is 23.3 Å². The molecule has 0 saturated heterocycles. The molecule has 2 rings (SSSR count). The third kappa shape index (κ3) is 2.84. The summed E-state index contributed by atoms with van der Waals surface area (Å²) in [5, 5.41) is 0. The fourth-order valence-corrected chi connectivity index (χ4v) is 1.91. The van der Waals surface area contributed by atoms with Crippen LogP contribution < -0.4 is 0 Å². The van der Waals surface area contributed by atoms with E-state index in [1.807, 2.05) is 12.1 Å². The van der Waals surface area contributed by atoms with Crippen LogP contribution in [0.5, 0.6) is 0 Å². The number of rotatable bonds is 3. The molecular formula is C14H20N2. The minimum Gasteiger partial charge on any atom is -0.342 e. The van der Waals surface area contributed by atoms with E-state index >= 15 is 0 Å². The molecule has 2 aromatic rings. The molecule has 0 saturated carbocycles. The number of imidazole rings is 1. The molecule has 0 atom stereocenters. The number of nitrogens with zero attached hydrogens (tertiary/aromatic N) is 1. The standard InChI is InChI=1S/C14H20N2/c1-14(2,3)10-6-9-13-15-11-7-4-5-8-12(11)16-13/h4-5,7-8H,6,9-10H2,1-3H3,(H,15,16). The molecule has 1 N–H and O–H groups in total. The maximum Gasteiger partial charge on any atom is 0.107 e. The van der Waals surface area contributed by atoms with Gasteiger partial charge in [-0.05, 0) is 30.4 Å². The zero-order valence-corrected chi connectivity index (χ0v) is 10.4. The van der Waals surface area contributed by atoms with Crippen molar-refractivity contribution in [2.75, 3.05) is 0 Å². The molecule has 0 fully saturated rings. The molecule has 2 nitrogen and oxygen atoms in total. The molecule has 86 valence electrons. The van der Waals surface area contributed by atoms with Crippen LogP contribution >= 0.6 is 0 Å². The second-order valence-electron chi connectivity index (χ2n) is 5.61. The van der Waals surface area contributed by atoms with Crippen molar-refractivity contribution in [3.05, 3.63) is 30.1 Å². The van der Waals surface area contributed by atoms with Gasteiger partial charge in [0, 0.05) is 6.42 Å². The number of H-pyrrole nitrogens is 1. The zero-order chi connectivity index (χ0) is 11.6. The maximum absolute atomic E-state index is 4.58. The average Bonchev–Trinajstić information content (AvgIpc) is 2.57. The van der Waals surface area contributed by atoms with Crippen LogP contribution in [-0.2, 0) is 6.42 Å². The number of hydrogen-bond acceptors (Lipinski definition) is 1. The van der Waals surface area contributed by atoms with Gasteiger partial charge in [0.15, 0.2) is 0 Å². The van der Waals surface area contributed by atoms with Crippen LogP contribution in [0, 0.1) is 5.41 Å². The van der Waals surface area contributed by atoms with Gasteiger partial charge in [-0.15, -0.1) is 0 Å². The van der Waals surface area contributed by atoms with E-state index in [-0.39, 0.29) is 0 Å². The van der Waals surface area contributed by atoms with Gasteiger partial charge >= 0.3 is 0 Å². The lowest BCUT2D eigenvalue weighted by Crippen LogP contribution is -2.05. The molecule has 1 aromatic heterocycles. The molecule has 0 radical (unpaired) electrons. The largest absolute Gasteiger partial charge is 0.342 e. The van der Waals surface area contributed by atoms with Crippen molar-refractivity contribution in [2.24, 2.45) is 5.41 Å². The van der Waals surface area contributed by atoms with Crippen molar-refractivity contribution >= 4 is 11.0 Å². The van der Waals surface area contributed by atoms with E-state index < -0.39 is 0 Å². The van der Waals surface area contributed by atoms with Crippen molar-refractivity contribution in [1.29, 1.82) is 0 Å². The lowest BCUT2D eigenvalue weighted by Gasteiger charge is -2.16. The van der Waals surface area contributed by atoms with Crippen molar-refractivity contribution in [2.45, 2.75) is 40.0 Å². The highest BCUT2D eigenvalue weighted by Crippen LogP contribution is 2.22. The first-order valence-corrected chi connectivity index (χ1v) is 5.98. The van der Waals surface area contributed by atoms with Crippen molar-refractivity contribution in [1.82, 2.24) is 9.97 Å². The van der Waals surface area contributed by atoms with E-state index in [1.165, 1.54) is 12.8 Å². The topological polar surface area (TPSA) is 28.7 Å². The molecule has 0 bridgehead atoms. The molecule has 2 heteroatoms. The fourth-order valence-electron chi connectivity index (χ4n) is 1.91. The van der Waals surface area contributed by atoms with Gasteiger partial charge in [-0.2, -0.15) is 0 Å². The number of benzene rings is 1. The van der Waals surface area contributed by atoms with Gasteiger partial charge in [-0.3, -0.25) is 0 Å². The summed E-state index contributed by atoms with van der Waals surface area (Å²) in [6.07, 6.45) is 3.49. The number of nitrogens with one attached hydrogen (secondary N) is 1. The summed E-state index contributed by atoms with van der Waals surface area (Å²) >= 11 is 0. The highest BCUT2D eigenvalue weighted by molar-refractivity contribution is 5.74. The second kappa shape index (κ2) is 4.28. The van der Waals surface area contributed by atoms with Crippen molar-refractivity contribution in [3.8, 4) is 0 Å². The predicted molar refractivity (Wildman–Crippen MR) is 68.5 cm³/mol. The van der Waals surface area contributed by atoms with Crippen molar-refractivity contribution < 1.29 is 0 Å². The Morgan fingerprint density at radius 3 is 2.62 bits per heavy atom. The summed E-state index contributed by atoms with van der Waals surface area (Å²) < 4.78 is 0. The van der Waals surface area contributed by atoms with Gasteiger partial charge in [0.05, 0.1) is 11.0 Å². The molecule has 0 aliphatic heterocycles. The normalized spacial score (nSPS) is 12.2. The van der Waals surface area contributed by atoms with E-state index in [1.54, 1.807) is 0 Å². The predicted octanol–water partition coefficient (Wildman–Crippen LogP) is 3.93. The van der Waals surface area contributed by atoms with Crippen LogP contribution in [-0.4, -0.2) is 9.97 Å². The summed E-state index contributed by atoms with van der Waals surface area (Å²) in [6, 6.07) is 8.20. The molecule has 0 amide bonds. The SMILES string of the molecule is CC(C)(C)CCCc1nc2ccccc2[nH]1. The third-order valence-electron chi connectivity index (χ3n) is 2.78. The highest BCUT2D eigenvalue weighted by Gasteiger charge is 2.10. The Kier molecular flexibility index (Phi) is 2.99. The van der Waals surface area contributed by atoms with Crippen LogP contribution in [0.4, 0.5) is 0 Å². The minimum absolute atomic E-state index is 0.423. The van der Waals surface area contributed by atoms with Crippen LogP contribution in [0.25, 0.3) is 11.0 Å². The van der Waals surface area contributed by atoms with Gasteiger partial charge in [0.2, 0.25) is 0 Å². The Morgan fingerprint density at radius 1 is 1.19 bits per heavy atom. The molecule has 0 aliphatic rings. The van der Waals surface area contributed by atoms with Crippen LogP contribution in [0.2, 0.25) is 0 Å². The molecule has 0 unspecified atom stereocenters. The van der Waals surface area contributed by atoms with Gasteiger partial charge in [0.1, 0.15) is 5.82 Å². The molecule has 1 heterocycles. The van der Waals surface area contributed by atoms with Crippen LogP contribution in [0.1, 0.15) is 39.4 Å². The third-order valence-corrected chi connectivity index (χ3v) is 2.78. The van der Waals surface area contributed by atoms with Gasteiger partial charge in [0.25, 0.3) is 0 Å². The van der Waals surface area contributed by atoms with Gasteiger partial charge in [-0.25, -0.2) is 4.98 Å². The average molecular weight is 216 g/mol. The monoisotopic (exact) mass is 216 g/mol. The molecule has 0 spiro atoms.